The summed E-state index contributed by atoms with van der Waals surface area (Å²) in [6.07, 6.45) is 1.35. The largest absolute Gasteiger partial charge is 0.397 e. The van der Waals surface area contributed by atoms with Crippen molar-refractivity contribution < 1.29 is 4.92 Å². The molecular formula is C13H10ClN3O2. The molecule has 0 aliphatic carbocycles. The summed E-state index contributed by atoms with van der Waals surface area (Å²) in [7, 11) is 0. The van der Waals surface area contributed by atoms with Crippen molar-refractivity contribution in [2.24, 2.45) is 4.99 Å². The van der Waals surface area contributed by atoms with Gasteiger partial charge in [-0.2, -0.15) is 0 Å². The van der Waals surface area contributed by atoms with E-state index in [9.17, 15) is 10.1 Å². The lowest BCUT2D eigenvalue weighted by molar-refractivity contribution is -0.385. The molecule has 0 saturated heterocycles. The molecule has 2 aromatic carbocycles. The van der Waals surface area contributed by atoms with E-state index in [0.717, 1.165) is 0 Å². The monoisotopic (exact) mass is 275 g/mol. The predicted octanol–water partition coefficient (Wildman–Crippen LogP) is 3.58. The highest BCUT2D eigenvalue weighted by Gasteiger charge is 2.14. The quantitative estimate of drug-likeness (QED) is 0.402. The van der Waals surface area contributed by atoms with Gasteiger partial charge in [-0.3, -0.25) is 15.1 Å². The van der Waals surface area contributed by atoms with Crippen LogP contribution in [-0.4, -0.2) is 11.1 Å². The lowest BCUT2D eigenvalue weighted by Gasteiger charge is -2.01. The van der Waals surface area contributed by atoms with Gasteiger partial charge in [0, 0.05) is 12.3 Å². The maximum absolute atomic E-state index is 10.9. The SMILES string of the molecule is Nc1ccccc1N=Cc1c(Cl)cccc1[N+](=O)[O-]. The number of rotatable bonds is 3. The molecule has 0 radical (unpaired) electrons. The van der Waals surface area contributed by atoms with Crippen LogP contribution in [-0.2, 0) is 0 Å². The zero-order chi connectivity index (χ0) is 13.8. The first-order valence-electron chi connectivity index (χ1n) is 5.41. The van der Waals surface area contributed by atoms with E-state index < -0.39 is 4.92 Å². The lowest BCUT2D eigenvalue weighted by Crippen LogP contribution is -1.95. The smallest absolute Gasteiger partial charge is 0.279 e. The van der Waals surface area contributed by atoms with Crippen LogP contribution in [0.4, 0.5) is 17.1 Å². The van der Waals surface area contributed by atoms with Gasteiger partial charge in [-0.1, -0.05) is 29.8 Å². The van der Waals surface area contributed by atoms with E-state index in [1.54, 1.807) is 30.3 Å². The fraction of sp³-hybridized carbons (Fsp3) is 0. The molecule has 0 amide bonds. The molecule has 0 unspecified atom stereocenters. The molecule has 0 aromatic heterocycles. The Morgan fingerprint density at radius 3 is 2.63 bits per heavy atom. The van der Waals surface area contributed by atoms with E-state index in [0.29, 0.717) is 11.4 Å². The summed E-state index contributed by atoms with van der Waals surface area (Å²) in [5.74, 6) is 0. The fourth-order valence-corrected chi connectivity index (χ4v) is 1.77. The minimum atomic E-state index is -0.498. The highest BCUT2D eigenvalue weighted by molar-refractivity contribution is 6.33. The van der Waals surface area contributed by atoms with Crippen molar-refractivity contribution in [2.75, 3.05) is 5.73 Å². The molecule has 2 N–H and O–H groups in total. The second-order valence-corrected chi connectivity index (χ2v) is 4.15. The molecule has 6 heteroatoms. The summed E-state index contributed by atoms with van der Waals surface area (Å²) >= 11 is 5.95. The van der Waals surface area contributed by atoms with Crippen LogP contribution in [0, 0.1) is 10.1 Å². The van der Waals surface area contributed by atoms with Gasteiger partial charge in [0.15, 0.2) is 0 Å². The lowest BCUT2D eigenvalue weighted by atomic mass is 10.2. The van der Waals surface area contributed by atoms with Gasteiger partial charge in [0.2, 0.25) is 0 Å². The normalized spacial score (nSPS) is 10.8. The third-order valence-electron chi connectivity index (χ3n) is 2.50. The van der Waals surface area contributed by atoms with Crippen LogP contribution in [0.25, 0.3) is 0 Å². The number of nitrogen functional groups attached to an aromatic ring is 1. The van der Waals surface area contributed by atoms with E-state index in [1.807, 2.05) is 0 Å². The average molecular weight is 276 g/mol. The number of nitro groups is 1. The molecule has 2 aromatic rings. The maximum atomic E-state index is 10.9. The van der Waals surface area contributed by atoms with Crippen molar-refractivity contribution in [2.45, 2.75) is 0 Å². The van der Waals surface area contributed by atoms with E-state index in [2.05, 4.69) is 4.99 Å². The second kappa shape index (κ2) is 5.49. The van der Waals surface area contributed by atoms with Crippen LogP contribution in [0.3, 0.4) is 0 Å². The Morgan fingerprint density at radius 1 is 1.21 bits per heavy atom. The Morgan fingerprint density at radius 2 is 1.95 bits per heavy atom. The molecule has 0 saturated carbocycles. The fourth-order valence-electron chi connectivity index (χ4n) is 1.55. The van der Waals surface area contributed by atoms with Gasteiger partial charge in [-0.25, -0.2) is 0 Å². The van der Waals surface area contributed by atoms with Gasteiger partial charge in [0.05, 0.1) is 26.9 Å². The van der Waals surface area contributed by atoms with Crippen LogP contribution in [0.15, 0.2) is 47.5 Å². The summed E-state index contributed by atoms with van der Waals surface area (Å²) in [6, 6.07) is 11.5. The number of nitrogens with zero attached hydrogens (tertiary/aromatic N) is 2. The minimum absolute atomic E-state index is 0.0919. The summed E-state index contributed by atoms with van der Waals surface area (Å²) in [5.41, 5.74) is 6.94. The number of benzene rings is 2. The van der Waals surface area contributed by atoms with E-state index >= 15 is 0 Å². The van der Waals surface area contributed by atoms with Crippen molar-refractivity contribution in [1.82, 2.24) is 0 Å². The zero-order valence-electron chi connectivity index (χ0n) is 9.79. The van der Waals surface area contributed by atoms with Crippen molar-refractivity contribution in [1.29, 1.82) is 0 Å². The summed E-state index contributed by atoms with van der Waals surface area (Å²) in [4.78, 5) is 14.6. The Labute approximate surface area is 114 Å². The number of hydrogen-bond donors (Lipinski definition) is 1. The standard InChI is InChI=1S/C13H10ClN3O2/c14-10-4-3-7-13(17(18)19)9(10)8-16-12-6-2-1-5-11(12)15/h1-8H,15H2. The third-order valence-corrected chi connectivity index (χ3v) is 2.83. The van der Waals surface area contributed by atoms with Crippen LogP contribution in [0.5, 0.6) is 0 Å². The number of anilines is 1. The summed E-state index contributed by atoms with van der Waals surface area (Å²) in [5, 5.41) is 11.2. The molecule has 0 aliphatic heterocycles. The van der Waals surface area contributed by atoms with Gasteiger partial charge in [-0.05, 0) is 18.2 Å². The van der Waals surface area contributed by atoms with Gasteiger partial charge in [-0.15, -0.1) is 0 Å². The van der Waals surface area contributed by atoms with Crippen molar-refractivity contribution in [3.05, 3.63) is 63.2 Å². The second-order valence-electron chi connectivity index (χ2n) is 3.75. The van der Waals surface area contributed by atoms with E-state index in [-0.39, 0.29) is 16.3 Å². The molecule has 0 atom stereocenters. The van der Waals surface area contributed by atoms with Crippen LogP contribution in [0.2, 0.25) is 5.02 Å². The van der Waals surface area contributed by atoms with Crippen molar-refractivity contribution in [3.63, 3.8) is 0 Å². The topological polar surface area (TPSA) is 81.5 Å². The zero-order valence-corrected chi connectivity index (χ0v) is 10.5. The van der Waals surface area contributed by atoms with E-state index in [4.69, 9.17) is 17.3 Å². The summed E-state index contributed by atoms with van der Waals surface area (Å²) < 4.78 is 0. The van der Waals surface area contributed by atoms with Gasteiger partial charge in [0.1, 0.15) is 0 Å². The number of hydrogen-bond acceptors (Lipinski definition) is 4. The average Bonchev–Trinajstić information content (AvgIpc) is 2.38. The van der Waals surface area contributed by atoms with E-state index in [1.165, 1.54) is 18.3 Å². The predicted molar refractivity (Wildman–Crippen MR) is 76.2 cm³/mol. The number of nitrogens with two attached hydrogens (primary N) is 1. The number of nitro benzene ring substituents is 1. The van der Waals surface area contributed by atoms with Crippen LogP contribution in [0.1, 0.15) is 5.56 Å². The number of aliphatic imine (C=N–C) groups is 1. The first-order valence-corrected chi connectivity index (χ1v) is 5.79. The first kappa shape index (κ1) is 13.0. The Kier molecular flexibility index (Phi) is 3.77. The Balaban J connectivity index is 2.44. The number of para-hydroxylation sites is 2. The Bertz CT molecular complexity index is 656. The highest BCUT2D eigenvalue weighted by Crippen LogP contribution is 2.26. The first-order chi connectivity index (χ1) is 9.09. The van der Waals surface area contributed by atoms with Crippen molar-refractivity contribution >= 4 is 34.9 Å². The van der Waals surface area contributed by atoms with Crippen LogP contribution >= 0.6 is 11.6 Å². The molecule has 96 valence electrons. The van der Waals surface area contributed by atoms with Gasteiger partial charge >= 0.3 is 0 Å². The molecule has 0 heterocycles. The molecule has 5 nitrogen and oxygen atoms in total. The maximum Gasteiger partial charge on any atom is 0.279 e. The molecule has 0 spiro atoms. The number of halogens is 1. The molecule has 0 aliphatic rings. The highest BCUT2D eigenvalue weighted by atomic mass is 35.5. The minimum Gasteiger partial charge on any atom is -0.397 e. The molecule has 2 rings (SSSR count). The molecule has 0 fully saturated rings. The van der Waals surface area contributed by atoms with Gasteiger partial charge < -0.3 is 5.73 Å². The van der Waals surface area contributed by atoms with Crippen molar-refractivity contribution in [3.8, 4) is 0 Å². The molecular weight excluding hydrogens is 266 g/mol. The van der Waals surface area contributed by atoms with Crippen LogP contribution < -0.4 is 5.73 Å². The Hall–Kier alpha value is -2.40. The third kappa shape index (κ3) is 2.89. The van der Waals surface area contributed by atoms with Gasteiger partial charge in [0.25, 0.3) is 5.69 Å². The molecule has 19 heavy (non-hydrogen) atoms. The summed E-state index contributed by atoms with van der Waals surface area (Å²) in [6.45, 7) is 0. The molecule has 0 bridgehead atoms.